The molecule has 126 valence electrons. The highest BCUT2D eigenvalue weighted by atomic mass is 32.1. The Hall–Kier alpha value is -2.01. The Morgan fingerprint density at radius 1 is 1.17 bits per heavy atom. The Bertz CT molecular complexity index is 780. The van der Waals surface area contributed by atoms with E-state index in [1.165, 1.54) is 23.8 Å². The van der Waals surface area contributed by atoms with Gasteiger partial charge in [0.15, 0.2) is 10.9 Å². The number of anilines is 1. The molecular weight excluding hydrogens is 320 g/mol. The summed E-state index contributed by atoms with van der Waals surface area (Å²) in [5, 5.41) is 5.04. The van der Waals surface area contributed by atoms with Crippen LogP contribution in [0.25, 0.3) is 0 Å². The summed E-state index contributed by atoms with van der Waals surface area (Å²) in [5.41, 5.74) is 2.36. The van der Waals surface area contributed by atoms with Crippen LogP contribution in [-0.4, -0.2) is 16.7 Å². The van der Waals surface area contributed by atoms with E-state index >= 15 is 0 Å². The Morgan fingerprint density at radius 2 is 1.79 bits per heavy atom. The van der Waals surface area contributed by atoms with Gasteiger partial charge in [0.25, 0.3) is 0 Å². The molecule has 5 heteroatoms. The van der Waals surface area contributed by atoms with Crippen molar-refractivity contribution in [3.8, 4) is 0 Å². The zero-order chi connectivity index (χ0) is 17.5. The van der Waals surface area contributed by atoms with E-state index in [2.05, 4.69) is 55.3 Å². The SMILES string of the molecule is CC(=O)c1csc(NC(=O)C2(c3ccc(C(C)(C)C)cc3)CC2)n1. The first kappa shape index (κ1) is 16.8. The van der Waals surface area contributed by atoms with Gasteiger partial charge in [-0.1, -0.05) is 45.0 Å². The summed E-state index contributed by atoms with van der Waals surface area (Å²) in [6.45, 7) is 8.00. The number of rotatable bonds is 4. The highest BCUT2D eigenvalue weighted by Crippen LogP contribution is 2.49. The van der Waals surface area contributed by atoms with Crippen LogP contribution >= 0.6 is 11.3 Å². The molecule has 1 fully saturated rings. The van der Waals surface area contributed by atoms with Gasteiger partial charge < -0.3 is 5.32 Å². The fourth-order valence-electron chi connectivity index (χ4n) is 2.77. The summed E-state index contributed by atoms with van der Waals surface area (Å²) in [5.74, 6) is -0.124. The van der Waals surface area contributed by atoms with Crippen molar-refractivity contribution < 1.29 is 9.59 Å². The van der Waals surface area contributed by atoms with Crippen LogP contribution in [0.4, 0.5) is 5.13 Å². The van der Waals surface area contributed by atoms with Crippen LogP contribution in [-0.2, 0) is 15.6 Å². The number of hydrogen-bond acceptors (Lipinski definition) is 4. The molecule has 1 amide bonds. The molecule has 0 spiro atoms. The third-order valence-corrected chi connectivity index (χ3v) is 5.33. The molecule has 1 aliphatic rings. The number of nitrogens with one attached hydrogen (secondary N) is 1. The first-order valence-corrected chi connectivity index (χ1v) is 8.99. The minimum Gasteiger partial charge on any atom is -0.301 e. The number of thiazole rings is 1. The molecule has 0 saturated heterocycles. The number of carbonyl (C=O) groups is 2. The van der Waals surface area contributed by atoms with Gasteiger partial charge in [0.1, 0.15) is 5.69 Å². The fraction of sp³-hybridized carbons (Fsp3) is 0.421. The van der Waals surface area contributed by atoms with Gasteiger partial charge in [0, 0.05) is 12.3 Å². The van der Waals surface area contributed by atoms with E-state index < -0.39 is 5.41 Å². The van der Waals surface area contributed by atoms with Gasteiger partial charge >= 0.3 is 0 Å². The lowest BCUT2D eigenvalue weighted by molar-refractivity contribution is -0.118. The summed E-state index contributed by atoms with van der Waals surface area (Å²) >= 11 is 1.29. The predicted octanol–water partition coefficient (Wildman–Crippen LogP) is 4.31. The van der Waals surface area contributed by atoms with Crippen LogP contribution in [0.15, 0.2) is 29.6 Å². The molecule has 0 bridgehead atoms. The summed E-state index contributed by atoms with van der Waals surface area (Å²) in [7, 11) is 0. The number of aromatic nitrogens is 1. The normalized spacial score (nSPS) is 15.8. The molecule has 1 heterocycles. The van der Waals surface area contributed by atoms with Gasteiger partial charge in [-0.05, 0) is 29.4 Å². The smallest absolute Gasteiger partial charge is 0.236 e. The van der Waals surface area contributed by atoms with E-state index in [-0.39, 0.29) is 17.1 Å². The molecule has 1 saturated carbocycles. The quantitative estimate of drug-likeness (QED) is 0.842. The van der Waals surface area contributed by atoms with Crippen LogP contribution < -0.4 is 5.32 Å². The standard InChI is InChI=1S/C19H22N2O2S/c1-12(22)15-11-24-17(20-15)21-16(23)19(9-10-19)14-7-5-13(6-8-14)18(2,3)4/h5-8,11H,9-10H2,1-4H3,(H,20,21,23). The van der Waals surface area contributed by atoms with Crippen LogP contribution in [0.1, 0.15) is 62.2 Å². The largest absolute Gasteiger partial charge is 0.301 e. The molecule has 1 N–H and O–H groups in total. The minimum atomic E-state index is -0.446. The van der Waals surface area contributed by atoms with Gasteiger partial charge in [-0.25, -0.2) is 4.98 Å². The lowest BCUT2D eigenvalue weighted by atomic mass is 9.85. The number of hydrogen-bond donors (Lipinski definition) is 1. The molecule has 1 aromatic heterocycles. The minimum absolute atomic E-state index is 0.0320. The molecule has 3 rings (SSSR count). The highest BCUT2D eigenvalue weighted by Gasteiger charge is 2.51. The molecule has 1 aliphatic carbocycles. The molecule has 0 atom stereocenters. The summed E-state index contributed by atoms with van der Waals surface area (Å²) in [6.07, 6.45) is 1.69. The Morgan fingerprint density at radius 3 is 2.25 bits per heavy atom. The van der Waals surface area contributed by atoms with E-state index in [0.29, 0.717) is 10.8 Å². The van der Waals surface area contributed by atoms with Crippen molar-refractivity contribution >= 4 is 28.2 Å². The maximum Gasteiger partial charge on any atom is 0.236 e. The van der Waals surface area contributed by atoms with E-state index in [1.54, 1.807) is 5.38 Å². The second-order valence-electron chi connectivity index (χ2n) is 7.46. The summed E-state index contributed by atoms with van der Waals surface area (Å²) in [6, 6.07) is 8.35. The fourth-order valence-corrected chi connectivity index (χ4v) is 3.52. The second kappa shape index (κ2) is 5.81. The highest BCUT2D eigenvalue weighted by molar-refractivity contribution is 7.14. The monoisotopic (exact) mass is 342 g/mol. The first-order valence-electron chi connectivity index (χ1n) is 8.11. The number of amides is 1. The van der Waals surface area contributed by atoms with Gasteiger partial charge in [-0.3, -0.25) is 9.59 Å². The molecular formula is C19H22N2O2S. The van der Waals surface area contributed by atoms with Crippen LogP contribution in [0.3, 0.4) is 0 Å². The van der Waals surface area contributed by atoms with Crippen molar-refractivity contribution in [2.24, 2.45) is 0 Å². The van der Waals surface area contributed by atoms with Crippen LogP contribution in [0.5, 0.6) is 0 Å². The van der Waals surface area contributed by atoms with Crippen molar-refractivity contribution in [1.82, 2.24) is 4.98 Å². The van der Waals surface area contributed by atoms with Crippen molar-refractivity contribution in [2.45, 2.75) is 51.4 Å². The molecule has 0 aliphatic heterocycles. The van der Waals surface area contributed by atoms with E-state index in [0.717, 1.165) is 18.4 Å². The number of ketones is 1. The van der Waals surface area contributed by atoms with Crippen LogP contribution in [0, 0.1) is 0 Å². The van der Waals surface area contributed by atoms with E-state index in [9.17, 15) is 9.59 Å². The van der Waals surface area contributed by atoms with Gasteiger partial charge in [0.2, 0.25) is 5.91 Å². The van der Waals surface area contributed by atoms with Gasteiger partial charge in [-0.15, -0.1) is 11.3 Å². The number of carbonyl (C=O) groups excluding carboxylic acids is 2. The van der Waals surface area contributed by atoms with E-state index in [1.807, 2.05) is 0 Å². The molecule has 1 aromatic carbocycles. The average Bonchev–Trinajstić information content (AvgIpc) is 3.20. The third-order valence-electron chi connectivity index (χ3n) is 4.57. The number of benzene rings is 1. The zero-order valence-corrected chi connectivity index (χ0v) is 15.3. The predicted molar refractivity (Wildman–Crippen MR) is 96.8 cm³/mol. The maximum absolute atomic E-state index is 12.7. The molecule has 0 radical (unpaired) electrons. The lowest BCUT2D eigenvalue weighted by Crippen LogP contribution is -2.28. The van der Waals surface area contributed by atoms with Gasteiger partial charge in [0.05, 0.1) is 5.41 Å². The molecule has 0 unspecified atom stereocenters. The Labute approximate surface area is 146 Å². The second-order valence-corrected chi connectivity index (χ2v) is 8.32. The lowest BCUT2D eigenvalue weighted by Gasteiger charge is -2.21. The van der Waals surface area contributed by atoms with E-state index in [4.69, 9.17) is 0 Å². The Kier molecular flexibility index (Phi) is 4.08. The number of Topliss-reactive ketones (excluding diaryl/α,β-unsaturated/α-hetero) is 1. The Balaban J connectivity index is 1.77. The first-order chi connectivity index (χ1) is 11.2. The summed E-state index contributed by atoms with van der Waals surface area (Å²) < 4.78 is 0. The maximum atomic E-state index is 12.7. The third kappa shape index (κ3) is 3.13. The van der Waals surface area contributed by atoms with Crippen molar-refractivity contribution in [1.29, 1.82) is 0 Å². The average molecular weight is 342 g/mol. The van der Waals surface area contributed by atoms with Crippen LogP contribution in [0.2, 0.25) is 0 Å². The topological polar surface area (TPSA) is 59.1 Å². The zero-order valence-electron chi connectivity index (χ0n) is 14.5. The number of nitrogens with zero attached hydrogens (tertiary/aromatic N) is 1. The summed E-state index contributed by atoms with van der Waals surface area (Å²) in [4.78, 5) is 28.2. The van der Waals surface area contributed by atoms with Crippen molar-refractivity contribution in [3.05, 3.63) is 46.5 Å². The van der Waals surface area contributed by atoms with Gasteiger partial charge in [-0.2, -0.15) is 0 Å². The molecule has 4 nitrogen and oxygen atoms in total. The van der Waals surface area contributed by atoms with Crippen molar-refractivity contribution in [3.63, 3.8) is 0 Å². The molecule has 2 aromatic rings. The molecule has 24 heavy (non-hydrogen) atoms. The van der Waals surface area contributed by atoms with Crippen molar-refractivity contribution in [2.75, 3.05) is 5.32 Å².